The van der Waals surface area contributed by atoms with Gasteiger partial charge in [-0.05, 0) is 23.3 Å². The highest BCUT2D eigenvalue weighted by molar-refractivity contribution is 7.88. The van der Waals surface area contributed by atoms with Gasteiger partial charge >= 0.3 is 0 Å². The van der Waals surface area contributed by atoms with Crippen molar-refractivity contribution in [2.45, 2.75) is 25.8 Å². The molecule has 0 unspecified atom stereocenters. The summed E-state index contributed by atoms with van der Waals surface area (Å²) in [6.07, 6.45) is 1.53. The number of furan rings is 1. The van der Waals surface area contributed by atoms with Gasteiger partial charge in [0.15, 0.2) is 0 Å². The highest BCUT2D eigenvalue weighted by Crippen LogP contribution is 2.16. The van der Waals surface area contributed by atoms with Gasteiger partial charge in [-0.15, -0.1) is 0 Å². The lowest BCUT2D eigenvalue weighted by atomic mass is 10.1. The lowest BCUT2D eigenvalue weighted by Crippen LogP contribution is -2.31. The summed E-state index contributed by atoms with van der Waals surface area (Å²) in [7, 11) is -3.43. The van der Waals surface area contributed by atoms with Gasteiger partial charge in [-0.3, -0.25) is 0 Å². The van der Waals surface area contributed by atoms with Crippen LogP contribution in [0.15, 0.2) is 47.1 Å². The van der Waals surface area contributed by atoms with Gasteiger partial charge in [-0.1, -0.05) is 31.2 Å². The van der Waals surface area contributed by atoms with Crippen LogP contribution in [0.4, 0.5) is 0 Å². The van der Waals surface area contributed by atoms with Gasteiger partial charge in [-0.25, -0.2) is 8.42 Å². The Morgan fingerprint density at radius 1 is 1.19 bits per heavy atom. The first kappa shape index (κ1) is 15.8. The fourth-order valence-electron chi connectivity index (χ4n) is 2.10. The van der Waals surface area contributed by atoms with Crippen molar-refractivity contribution in [1.29, 1.82) is 0 Å². The third kappa shape index (κ3) is 4.17. The van der Waals surface area contributed by atoms with Crippen molar-refractivity contribution in [3.8, 4) is 0 Å². The van der Waals surface area contributed by atoms with E-state index in [-0.39, 0.29) is 18.9 Å². The topological polar surface area (TPSA) is 70.8 Å². The van der Waals surface area contributed by atoms with E-state index in [1.54, 1.807) is 43.3 Å². The molecule has 0 amide bonds. The molecule has 1 N–H and O–H groups in total. The van der Waals surface area contributed by atoms with Gasteiger partial charge in [0.1, 0.15) is 5.76 Å². The Morgan fingerprint density at radius 2 is 1.95 bits per heavy atom. The van der Waals surface area contributed by atoms with Crippen LogP contribution in [-0.4, -0.2) is 24.4 Å². The zero-order valence-corrected chi connectivity index (χ0v) is 12.7. The average Bonchev–Trinajstić information content (AvgIpc) is 2.97. The van der Waals surface area contributed by atoms with E-state index >= 15 is 0 Å². The number of rotatable bonds is 7. The molecular weight excluding hydrogens is 290 g/mol. The normalized spacial score (nSPS) is 12.0. The van der Waals surface area contributed by atoms with Crippen molar-refractivity contribution >= 4 is 10.0 Å². The van der Waals surface area contributed by atoms with E-state index in [2.05, 4.69) is 0 Å². The lowest BCUT2D eigenvalue weighted by molar-refractivity contribution is 0.281. The average molecular weight is 309 g/mol. The fourth-order valence-corrected chi connectivity index (χ4v) is 3.60. The van der Waals surface area contributed by atoms with Gasteiger partial charge in [0.05, 0.1) is 25.2 Å². The summed E-state index contributed by atoms with van der Waals surface area (Å²) in [6.45, 7) is 2.30. The smallest absolute Gasteiger partial charge is 0.218 e. The molecule has 6 heteroatoms. The second-order valence-corrected chi connectivity index (χ2v) is 6.71. The highest BCUT2D eigenvalue weighted by Gasteiger charge is 2.22. The van der Waals surface area contributed by atoms with Gasteiger partial charge in [-0.2, -0.15) is 4.31 Å². The molecule has 114 valence electrons. The Morgan fingerprint density at radius 3 is 2.57 bits per heavy atom. The molecule has 0 saturated heterocycles. The zero-order chi connectivity index (χ0) is 15.3. The summed E-state index contributed by atoms with van der Waals surface area (Å²) < 4.78 is 31.6. The molecule has 0 bridgehead atoms. The Kier molecular flexibility index (Phi) is 5.17. The minimum atomic E-state index is -3.43. The molecule has 1 aromatic heterocycles. The number of hydrogen-bond acceptors (Lipinski definition) is 4. The van der Waals surface area contributed by atoms with Crippen LogP contribution in [0, 0.1) is 0 Å². The molecule has 1 heterocycles. The second-order valence-electron chi connectivity index (χ2n) is 4.74. The maximum Gasteiger partial charge on any atom is 0.218 e. The molecule has 0 atom stereocenters. The van der Waals surface area contributed by atoms with Gasteiger partial charge < -0.3 is 9.52 Å². The maximum absolute atomic E-state index is 12.5. The van der Waals surface area contributed by atoms with Crippen molar-refractivity contribution in [3.05, 3.63) is 59.5 Å². The molecule has 0 aliphatic heterocycles. The van der Waals surface area contributed by atoms with E-state index in [1.165, 1.54) is 10.6 Å². The van der Waals surface area contributed by atoms with Crippen molar-refractivity contribution in [3.63, 3.8) is 0 Å². The van der Waals surface area contributed by atoms with E-state index in [0.29, 0.717) is 23.4 Å². The van der Waals surface area contributed by atoms with Crippen LogP contribution in [0.25, 0.3) is 0 Å². The number of aliphatic hydroxyl groups is 1. The van der Waals surface area contributed by atoms with Gasteiger partial charge in [0, 0.05) is 6.54 Å². The minimum absolute atomic E-state index is 0.0879. The summed E-state index contributed by atoms with van der Waals surface area (Å²) in [5.41, 5.74) is 1.37. The number of nitrogens with zero attached hydrogens (tertiary/aromatic N) is 1. The maximum atomic E-state index is 12.5. The Balaban J connectivity index is 2.15. The molecule has 0 spiro atoms. The molecule has 5 nitrogen and oxygen atoms in total. The second kappa shape index (κ2) is 6.89. The lowest BCUT2D eigenvalue weighted by Gasteiger charge is -2.19. The molecule has 0 aliphatic carbocycles. The quantitative estimate of drug-likeness (QED) is 0.850. The molecule has 0 aliphatic rings. The van der Waals surface area contributed by atoms with Crippen molar-refractivity contribution in [2.24, 2.45) is 0 Å². The number of sulfonamides is 1. The number of aliphatic hydroxyl groups excluding tert-OH is 1. The predicted molar refractivity (Wildman–Crippen MR) is 79.8 cm³/mol. The van der Waals surface area contributed by atoms with Crippen molar-refractivity contribution < 1.29 is 17.9 Å². The van der Waals surface area contributed by atoms with E-state index in [0.717, 1.165) is 0 Å². The van der Waals surface area contributed by atoms with E-state index in [1.807, 2.05) is 0 Å². The third-order valence-electron chi connectivity index (χ3n) is 3.18. The Labute approximate surface area is 124 Å². The molecular formula is C15H19NO4S. The first-order valence-electron chi connectivity index (χ1n) is 6.74. The highest BCUT2D eigenvalue weighted by atomic mass is 32.2. The molecule has 2 rings (SSSR count). The van der Waals surface area contributed by atoms with Crippen molar-refractivity contribution in [1.82, 2.24) is 4.31 Å². The zero-order valence-electron chi connectivity index (χ0n) is 11.9. The van der Waals surface area contributed by atoms with E-state index in [9.17, 15) is 8.42 Å². The Bertz CT molecular complexity index is 665. The molecule has 21 heavy (non-hydrogen) atoms. The minimum Gasteiger partial charge on any atom is -0.468 e. The first-order chi connectivity index (χ1) is 10.0. The van der Waals surface area contributed by atoms with Crippen LogP contribution in [0.1, 0.15) is 23.8 Å². The number of benzene rings is 1. The van der Waals surface area contributed by atoms with E-state index in [4.69, 9.17) is 9.52 Å². The summed E-state index contributed by atoms with van der Waals surface area (Å²) >= 11 is 0. The fraction of sp³-hybridized carbons (Fsp3) is 0.333. The van der Waals surface area contributed by atoms with Crippen molar-refractivity contribution in [2.75, 3.05) is 6.54 Å². The third-order valence-corrected chi connectivity index (χ3v) is 5.05. The summed E-state index contributed by atoms with van der Waals surface area (Å²) in [5.74, 6) is 0.527. The van der Waals surface area contributed by atoms with Crippen LogP contribution in [0.5, 0.6) is 0 Å². The largest absolute Gasteiger partial charge is 0.468 e. The van der Waals surface area contributed by atoms with Crippen LogP contribution in [0.3, 0.4) is 0 Å². The number of hydrogen-bond donors (Lipinski definition) is 1. The van der Waals surface area contributed by atoms with Gasteiger partial charge in [0.25, 0.3) is 0 Å². The van der Waals surface area contributed by atoms with Gasteiger partial charge in [0.2, 0.25) is 10.0 Å². The standard InChI is InChI=1S/C15H19NO4S/c1-2-16(10-15-7-4-8-20-15)21(18,19)12-14-6-3-5-13(9-14)11-17/h3-9,17H,2,10-12H2,1H3. The molecule has 1 aromatic carbocycles. The molecule has 0 saturated carbocycles. The summed E-state index contributed by atoms with van der Waals surface area (Å²) in [5, 5.41) is 9.11. The predicted octanol–water partition coefficient (Wildman–Crippen LogP) is 2.12. The first-order valence-corrected chi connectivity index (χ1v) is 8.35. The summed E-state index contributed by atoms with van der Waals surface area (Å²) in [6, 6.07) is 10.5. The summed E-state index contributed by atoms with van der Waals surface area (Å²) in [4.78, 5) is 0. The van der Waals surface area contributed by atoms with Crippen LogP contribution < -0.4 is 0 Å². The van der Waals surface area contributed by atoms with E-state index < -0.39 is 10.0 Å². The molecule has 0 radical (unpaired) electrons. The van der Waals surface area contributed by atoms with Crippen LogP contribution in [0.2, 0.25) is 0 Å². The molecule has 0 fully saturated rings. The molecule has 2 aromatic rings. The Hall–Kier alpha value is -1.63. The van der Waals surface area contributed by atoms with Crippen LogP contribution >= 0.6 is 0 Å². The SMILES string of the molecule is CCN(Cc1ccco1)S(=O)(=O)Cc1cccc(CO)c1. The monoisotopic (exact) mass is 309 g/mol. The van der Waals surface area contributed by atoms with Crippen LogP contribution in [-0.2, 0) is 28.9 Å².